The van der Waals surface area contributed by atoms with Crippen molar-refractivity contribution in [1.82, 2.24) is 5.27 Å². The van der Waals surface area contributed by atoms with E-state index >= 15 is 0 Å². The van der Waals surface area contributed by atoms with E-state index in [1.165, 1.54) is 0 Å². The highest BCUT2D eigenvalue weighted by Crippen LogP contribution is 2.18. The highest BCUT2D eigenvalue weighted by molar-refractivity contribution is 5.04. The van der Waals surface area contributed by atoms with Crippen LogP contribution in [0.4, 0.5) is 0 Å². The van der Waals surface area contributed by atoms with Gasteiger partial charge in [-0.15, -0.1) is 0 Å². The summed E-state index contributed by atoms with van der Waals surface area (Å²) in [5, 5.41) is 14.6. The molecule has 0 aromatic carbocycles. The molecular weight excluding hydrogens is 144 g/mol. The Kier molecular flexibility index (Phi) is 1.34. The molecule has 0 spiro atoms. The second-order valence-corrected chi connectivity index (χ2v) is 3.13. The summed E-state index contributed by atoms with van der Waals surface area (Å²) in [7, 11) is 0. The Morgan fingerprint density at radius 2 is 2.55 bits per heavy atom. The number of hydrogen-bond acceptors (Lipinski definition) is 3. The molecule has 1 atom stereocenters. The lowest BCUT2D eigenvalue weighted by Gasteiger charge is -2.11. The second kappa shape index (κ2) is 2.22. The molecule has 1 aromatic heterocycles. The van der Waals surface area contributed by atoms with Gasteiger partial charge in [0.2, 0.25) is 5.69 Å². The molecule has 11 heavy (non-hydrogen) atoms. The summed E-state index contributed by atoms with van der Waals surface area (Å²) in [5.41, 5.74) is 0.726. The fourth-order valence-electron chi connectivity index (χ4n) is 1.43. The summed E-state index contributed by atoms with van der Waals surface area (Å²) in [6.45, 7) is 2.96. The molecule has 4 nitrogen and oxygen atoms in total. The Morgan fingerprint density at radius 3 is 3.36 bits per heavy atom. The molecule has 1 unspecified atom stereocenters. The van der Waals surface area contributed by atoms with Gasteiger partial charge >= 0.3 is 0 Å². The van der Waals surface area contributed by atoms with E-state index in [2.05, 4.69) is 16.7 Å². The number of rotatable bonds is 0. The molecule has 1 aliphatic rings. The average molecular weight is 154 g/mol. The molecular formula is C7H10N2O2. The van der Waals surface area contributed by atoms with Gasteiger partial charge in [0.1, 0.15) is 0 Å². The summed E-state index contributed by atoms with van der Waals surface area (Å²) in [6, 6.07) is 0. The molecule has 0 aliphatic carbocycles. The van der Waals surface area contributed by atoms with Crippen LogP contribution in [0.5, 0.6) is 5.95 Å². The first-order valence-corrected chi connectivity index (χ1v) is 3.83. The first-order valence-electron chi connectivity index (χ1n) is 3.83. The highest BCUT2D eigenvalue weighted by Gasteiger charge is 2.25. The zero-order valence-electron chi connectivity index (χ0n) is 6.41. The van der Waals surface area contributed by atoms with E-state index in [4.69, 9.17) is 0 Å². The van der Waals surface area contributed by atoms with Crippen LogP contribution in [0.3, 0.4) is 0 Å². The zero-order chi connectivity index (χ0) is 7.84. The molecule has 2 rings (SSSR count). The number of aryl methyl sites for hydroxylation is 1. The molecule has 0 saturated heterocycles. The maximum absolute atomic E-state index is 11.0. The quantitative estimate of drug-likeness (QED) is 0.478. The van der Waals surface area contributed by atoms with Gasteiger partial charge < -0.3 is 9.63 Å². The van der Waals surface area contributed by atoms with Gasteiger partial charge in [-0.05, 0) is 5.92 Å². The summed E-state index contributed by atoms with van der Waals surface area (Å²) < 4.78 is 6.19. The van der Waals surface area contributed by atoms with Gasteiger partial charge in [0.25, 0.3) is 0 Å². The number of fused-ring (bicyclic) bond motifs is 1. The Balaban J connectivity index is 2.37. The fraction of sp³-hybridized carbons (Fsp3) is 0.714. The van der Waals surface area contributed by atoms with Gasteiger partial charge in [-0.25, -0.2) is 0 Å². The van der Waals surface area contributed by atoms with E-state index in [1.807, 2.05) is 0 Å². The highest BCUT2D eigenvalue weighted by atomic mass is 16.6. The van der Waals surface area contributed by atoms with Crippen LogP contribution in [0, 0.1) is 5.92 Å². The predicted molar refractivity (Wildman–Crippen MR) is 33.6 cm³/mol. The van der Waals surface area contributed by atoms with Crippen LogP contribution in [-0.4, -0.2) is 5.27 Å². The maximum Gasteiger partial charge on any atom is 0.233 e. The minimum Gasteiger partial charge on any atom is -0.539 e. The van der Waals surface area contributed by atoms with Crippen LogP contribution in [-0.2, 0) is 13.0 Å². The Bertz CT molecular complexity index is 269. The number of hydrogen-bond donors (Lipinski definition) is 0. The molecule has 0 N–H and O–H groups in total. The van der Waals surface area contributed by atoms with Crippen LogP contribution < -0.4 is 9.79 Å². The van der Waals surface area contributed by atoms with Crippen molar-refractivity contribution in [2.75, 3.05) is 0 Å². The summed E-state index contributed by atoms with van der Waals surface area (Å²) in [6.07, 6.45) is 1.89. The molecule has 2 heterocycles. The molecule has 4 heteroatoms. The molecule has 0 fully saturated rings. The Labute approximate surface area is 64.4 Å². The van der Waals surface area contributed by atoms with Gasteiger partial charge in [-0.2, -0.15) is 0 Å². The van der Waals surface area contributed by atoms with E-state index in [-0.39, 0.29) is 5.95 Å². The van der Waals surface area contributed by atoms with Crippen molar-refractivity contribution in [3.05, 3.63) is 5.69 Å². The maximum atomic E-state index is 11.0. The zero-order valence-corrected chi connectivity index (χ0v) is 6.41. The first kappa shape index (κ1) is 6.64. The summed E-state index contributed by atoms with van der Waals surface area (Å²) in [4.78, 5) is 0. The topological polar surface area (TPSA) is 53.0 Å². The monoisotopic (exact) mass is 154 g/mol. The third-order valence-electron chi connectivity index (χ3n) is 2.15. The lowest BCUT2D eigenvalue weighted by molar-refractivity contribution is -0.774. The molecule has 1 aliphatic heterocycles. The van der Waals surface area contributed by atoms with Crippen molar-refractivity contribution in [1.29, 1.82) is 0 Å². The molecule has 0 radical (unpaired) electrons. The van der Waals surface area contributed by atoms with E-state index in [9.17, 15) is 5.11 Å². The van der Waals surface area contributed by atoms with E-state index in [0.717, 1.165) is 25.1 Å². The number of aromatic nitrogens is 2. The van der Waals surface area contributed by atoms with Crippen molar-refractivity contribution in [2.24, 2.45) is 5.92 Å². The van der Waals surface area contributed by atoms with E-state index < -0.39 is 0 Å². The fourth-order valence-corrected chi connectivity index (χ4v) is 1.43. The van der Waals surface area contributed by atoms with Crippen LogP contribution in [0.25, 0.3) is 0 Å². The van der Waals surface area contributed by atoms with Crippen LogP contribution in [0.2, 0.25) is 0 Å². The standard InChI is InChI=1S/C7H10N2O2/c1-5-2-3-9-6(4-5)7(10)11-8-9/h5H,2-4H2,1H3. The average Bonchev–Trinajstić information content (AvgIpc) is 2.33. The third-order valence-corrected chi connectivity index (χ3v) is 2.15. The van der Waals surface area contributed by atoms with Gasteiger partial charge in [-0.3, -0.25) is 0 Å². The Hall–Kier alpha value is -1.06. The van der Waals surface area contributed by atoms with E-state index in [0.29, 0.717) is 5.92 Å². The van der Waals surface area contributed by atoms with Gasteiger partial charge in [0, 0.05) is 12.8 Å². The van der Waals surface area contributed by atoms with Gasteiger partial charge in [-0.1, -0.05) is 11.6 Å². The number of nitrogens with zero attached hydrogens (tertiary/aromatic N) is 2. The minimum atomic E-state index is -0.267. The van der Waals surface area contributed by atoms with Crippen molar-refractivity contribution in [3.8, 4) is 5.95 Å². The summed E-state index contributed by atoms with van der Waals surface area (Å²) in [5.74, 6) is 0.318. The molecule has 0 bridgehead atoms. The van der Waals surface area contributed by atoms with Crippen LogP contribution in [0.15, 0.2) is 4.52 Å². The molecule has 0 saturated carbocycles. The lowest BCUT2D eigenvalue weighted by Crippen LogP contribution is -2.44. The largest absolute Gasteiger partial charge is 0.539 e. The SMILES string of the molecule is CC1CC[n+]2noc([O-])c2C1. The van der Waals surface area contributed by atoms with E-state index in [1.54, 1.807) is 4.68 Å². The first-order chi connectivity index (χ1) is 5.27. The second-order valence-electron chi connectivity index (χ2n) is 3.13. The lowest BCUT2D eigenvalue weighted by atomic mass is 9.99. The molecule has 1 aromatic rings. The third kappa shape index (κ3) is 0.982. The van der Waals surface area contributed by atoms with Crippen LogP contribution in [0.1, 0.15) is 19.0 Å². The molecule has 60 valence electrons. The van der Waals surface area contributed by atoms with Crippen molar-refractivity contribution in [3.63, 3.8) is 0 Å². The van der Waals surface area contributed by atoms with Crippen molar-refractivity contribution >= 4 is 0 Å². The Morgan fingerprint density at radius 1 is 1.73 bits per heavy atom. The normalized spacial score (nSPS) is 23.2. The van der Waals surface area contributed by atoms with Gasteiger partial charge in [0.15, 0.2) is 12.5 Å². The minimum absolute atomic E-state index is 0.267. The molecule has 0 amide bonds. The predicted octanol–water partition coefficient (Wildman–Crippen LogP) is -0.382. The van der Waals surface area contributed by atoms with Crippen molar-refractivity contribution in [2.45, 2.75) is 26.3 Å². The smallest absolute Gasteiger partial charge is 0.233 e. The summed E-state index contributed by atoms with van der Waals surface area (Å²) >= 11 is 0. The van der Waals surface area contributed by atoms with Crippen molar-refractivity contribution < 1.29 is 14.3 Å². The van der Waals surface area contributed by atoms with Crippen LogP contribution >= 0.6 is 0 Å². The van der Waals surface area contributed by atoms with Gasteiger partial charge in [0.05, 0.1) is 5.27 Å².